The fourth-order valence-corrected chi connectivity index (χ4v) is 0.727. The van der Waals surface area contributed by atoms with Crippen molar-refractivity contribution in [1.82, 2.24) is 15.6 Å². The van der Waals surface area contributed by atoms with Crippen molar-refractivity contribution < 1.29 is 4.79 Å². The van der Waals surface area contributed by atoms with E-state index in [2.05, 4.69) is 15.6 Å². The molecule has 0 aliphatic carbocycles. The van der Waals surface area contributed by atoms with Gasteiger partial charge in [0.2, 0.25) is 0 Å². The molecule has 1 saturated heterocycles. The molecule has 4 heteroatoms. The van der Waals surface area contributed by atoms with Crippen LogP contribution in [0.15, 0.2) is 30.6 Å². The van der Waals surface area contributed by atoms with Crippen LogP contribution in [0, 0.1) is 0 Å². The first kappa shape index (κ1) is 8.52. The Hall–Kier alpha value is -1.58. The molecule has 1 aromatic heterocycles. The van der Waals surface area contributed by atoms with E-state index in [9.17, 15) is 4.79 Å². The Bertz CT molecular complexity index is 190. The van der Waals surface area contributed by atoms with Gasteiger partial charge in [0.15, 0.2) is 0 Å². The second-order valence-corrected chi connectivity index (χ2v) is 2.21. The van der Waals surface area contributed by atoms with Crippen LogP contribution in [0.25, 0.3) is 0 Å². The predicted molar refractivity (Wildman–Crippen MR) is 45.6 cm³/mol. The number of pyridine rings is 1. The van der Waals surface area contributed by atoms with Gasteiger partial charge in [-0.15, -0.1) is 0 Å². The highest BCUT2D eigenvalue weighted by Crippen LogP contribution is 1.73. The van der Waals surface area contributed by atoms with E-state index in [4.69, 9.17) is 0 Å². The van der Waals surface area contributed by atoms with E-state index < -0.39 is 0 Å². The fraction of sp³-hybridized carbons (Fsp3) is 0.250. The minimum absolute atomic E-state index is 0.0463. The summed E-state index contributed by atoms with van der Waals surface area (Å²) in [7, 11) is 0. The molecule has 1 aliphatic heterocycles. The number of hydrogen-bond donors (Lipinski definition) is 2. The third-order valence-corrected chi connectivity index (χ3v) is 1.26. The van der Waals surface area contributed by atoms with Crippen LogP contribution in [0.2, 0.25) is 0 Å². The number of carbonyl (C=O) groups is 1. The highest BCUT2D eigenvalue weighted by atomic mass is 16.2. The Morgan fingerprint density at radius 2 is 1.67 bits per heavy atom. The van der Waals surface area contributed by atoms with Crippen LogP contribution in [0.5, 0.6) is 0 Å². The number of amides is 2. The number of aromatic nitrogens is 1. The number of rotatable bonds is 0. The first-order chi connectivity index (χ1) is 5.89. The largest absolute Gasteiger partial charge is 0.336 e. The lowest BCUT2D eigenvalue weighted by Crippen LogP contribution is -2.20. The van der Waals surface area contributed by atoms with Gasteiger partial charge in [-0.2, -0.15) is 0 Å². The van der Waals surface area contributed by atoms with Crippen LogP contribution in [-0.4, -0.2) is 24.1 Å². The highest BCUT2D eigenvalue weighted by Gasteiger charge is 2.02. The van der Waals surface area contributed by atoms with Gasteiger partial charge in [-0.05, 0) is 12.1 Å². The van der Waals surface area contributed by atoms with Crippen LogP contribution in [0.3, 0.4) is 0 Å². The zero-order valence-corrected chi connectivity index (χ0v) is 6.66. The second-order valence-electron chi connectivity index (χ2n) is 2.21. The standard InChI is InChI=1S/C5H5N.C3H6N2O/c1-2-4-6-5-3-1;6-3-4-1-2-5-3/h1-5H;1-2H2,(H2,4,5,6). The van der Waals surface area contributed by atoms with Gasteiger partial charge in [-0.3, -0.25) is 4.98 Å². The Kier molecular flexibility index (Phi) is 3.63. The molecule has 0 saturated carbocycles. The average molecular weight is 165 g/mol. The molecule has 0 atom stereocenters. The molecule has 0 aromatic carbocycles. The van der Waals surface area contributed by atoms with E-state index in [0.29, 0.717) is 0 Å². The van der Waals surface area contributed by atoms with Gasteiger partial charge in [0.1, 0.15) is 0 Å². The van der Waals surface area contributed by atoms with Gasteiger partial charge in [0.25, 0.3) is 0 Å². The average Bonchev–Trinajstić information content (AvgIpc) is 2.60. The van der Waals surface area contributed by atoms with Gasteiger partial charge >= 0.3 is 6.03 Å². The maximum absolute atomic E-state index is 10.0. The zero-order valence-electron chi connectivity index (χ0n) is 6.66. The van der Waals surface area contributed by atoms with Crippen LogP contribution >= 0.6 is 0 Å². The third-order valence-electron chi connectivity index (χ3n) is 1.26. The van der Waals surface area contributed by atoms with Crippen molar-refractivity contribution in [2.45, 2.75) is 0 Å². The summed E-state index contributed by atoms with van der Waals surface area (Å²) >= 11 is 0. The first-order valence-electron chi connectivity index (χ1n) is 3.76. The second kappa shape index (κ2) is 5.12. The fourth-order valence-electron chi connectivity index (χ4n) is 0.727. The summed E-state index contributed by atoms with van der Waals surface area (Å²) in [6.07, 6.45) is 3.50. The molecule has 2 amide bonds. The minimum Gasteiger partial charge on any atom is -0.336 e. The lowest BCUT2D eigenvalue weighted by molar-refractivity contribution is 0.248. The minimum atomic E-state index is -0.0463. The molecule has 4 nitrogen and oxygen atoms in total. The molecule has 1 fully saturated rings. The molecule has 0 spiro atoms. The first-order valence-corrected chi connectivity index (χ1v) is 3.76. The summed E-state index contributed by atoms with van der Waals surface area (Å²) in [5.41, 5.74) is 0. The van der Waals surface area contributed by atoms with Crippen molar-refractivity contribution in [3.63, 3.8) is 0 Å². The van der Waals surface area contributed by atoms with Crippen molar-refractivity contribution in [3.8, 4) is 0 Å². The van der Waals surface area contributed by atoms with Crippen molar-refractivity contribution in [2.75, 3.05) is 13.1 Å². The lowest BCUT2D eigenvalue weighted by Gasteiger charge is -1.80. The Labute approximate surface area is 71.0 Å². The molecular formula is C8H11N3O. The maximum Gasteiger partial charge on any atom is 0.314 e. The van der Waals surface area contributed by atoms with Crippen LogP contribution in [0.4, 0.5) is 4.79 Å². The van der Waals surface area contributed by atoms with Crippen LogP contribution < -0.4 is 10.6 Å². The van der Waals surface area contributed by atoms with Gasteiger partial charge < -0.3 is 10.6 Å². The van der Waals surface area contributed by atoms with E-state index in [-0.39, 0.29) is 6.03 Å². The highest BCUT2D eigenvalue weighted by molar-refractivity contribution is 5.75. The van der Waals surface area contributed by atoms with Crippen molar-refractivity contribution >= 4 is 6.03 Å². The molecular weight excluding hydrogens is 154 g/mol. The van der Waals surface area contributed by atoms with Gasteiger partial charge in [0.05, 0.1) is 0 Å². The maximum atomic E-state index is 10.0. The van der Waals surface area contributed by atoms with E-state index >= 15 is 0 Å². The number of nitrogens with one attached hydrogen (secondary N) is 2. The molecule has 64 valence electrons. The summed E-state index contributed by atoms with van der Waals surface area (Å²) in [6.45, 7) is 1.55. The zero-order chi connectivity index (χ0) is 8.65. The lowest BCUT2D eigenvalue weighted by atomic mass is 10.5. The van der Waals surface area contributed by atoms with E-state index in [1.807, 2.05) is 18.2 Å². The van der Waals surface area contributed by atoms with E-state index in [1.54, 1.807) is 12.4 Å². The molecule has 12 heavy (non-hydrogen) atoms. The SMILES string of the molecule is O=C1NCCN1.c1ccncc1. The summed E-state index contributed by atoms with van der Waals surface area (Å²) in [5, 5.41) is 5.14. The summed E-state index contributed by atoms with van der Waals surface area (Å²) in [4.78, 5) is 13.8. The Balaban J connectivity index is 0.000000120. The Morgan fingerprint density at radius 1 is 1.08 bits per heavy atom. The van der Waals surface area contributed by atoms with Gasteiger partial charge in [-0.1, -0.05) is 6.07 Å². The van der Waals surface area contributed by atoms with E-state index in [1.165, 1.54) is 0 Å². The molecule has 0 unspecified atom stereocenters. The predicted octanol–water partition coefficient (Wildman–Crippen LogP) is 0.381. The van der Waals surface area contributed by atoms with Crippen LogP contribution in [0.1, 0.15) is 0 Å². The molecule has 2 heterocycles. The summed E-state index contributed by atoms with van der Waals surface area (Å²) < 4.78 is 0. The van der Waals surface area contributed by atoms with Crippen molar-refractivity contribution in [3.05, 3.63) is 30.6 Å². The van der Waals surface area contributed by atoms with Crippen molar-refractivity contribution in [1.29, 1.82) is 0 Å². The smallest absolute Gasteiger partial charge is 0.314 e. The summed E-state index contributed by atoms with van der Waals surface area (Å²) in [6, 6.07) is 5.67. The number of urea groups is 1. The van der Waals surface area contributed by atoms with Crippen molar-refractivity contribution in [2.24, 2.45) is 0 Å². The quantitative estimate of drug-likeness (QED) is 0.584. The summed E-state index contributed by atoms with van der Waals surface area (Å²) in [5.74, 6) is 0. The van der Waals surface area contributed by atoms with Gasteiger partial charge in [0, 0.05) is 25.5 Å². The number of hydrogen-bond acceptors (Lipinski definition) is 2. The van der Waals surface area contributed by atoms with Gasteiger partial charge in [-0.25, -0.2) is 4.79 Å². The number of carbonyl (C=O) groups excluding carboxylic acids is 1. The molecule has 0 radical (unpaired) electrons. The van der Waals surface area contributed by atoms with E-state index in [0.717, 1.165) is 13.1 Å². The molecule has 0 bridgehead atoms. The normalized spacial score (nSPS) is 13.8. The topological polar surface area (TPSA) is 54.0 Å². The van der Waals surface area contributed by atoms with Crippen LogP contribution in [-0.2, 0) is 0 Å². The Morgan fingerprint density at radius 3 is 1.83 bits per heavy atom. The third kappa shape index (κ3) is 3.55. The monoisotopic (exact) mass is 165 g/mol. The molecule has 2 N–H and O–H groups in total. The molecule has 1 aromatic rings. The molecule has 2 rings (SSSR count). The number of nitrogens with zero attached hydrogens (tertiary/aromatic N) is 1. The molecule has 1 aliphatic rings.